The molecule has 0 spiro atoms. The number of hydrogen-bond acceptors (Lipinski definition) is 1. The molecule has 0 radical (unpaired) electrons. The first-order chi connectivity index (χ1) is 4.72. The fourth-order valence-electron chi connectivity index (χ4n) is 0.835. The molecule has 0 atom stereocenters. The average molecular weight is 203 g/mol. The van der Waals surface area contributed by atoms with Crippen molar-refractivity contribution in [3.8, 4) is 0 Å². The van der Waals surface area contributed by atoms with Crippen molar-refractivity contribution in [3.05, 3.63) is 22.2 Å². The van der Waals surface area contributed by atoms with E-state index in [2.05, 4.69) is 15.9 Å². The van der Waals surface area contributed by atoms with Gasteiger partial charge in [0.15, 0.2) is 0 Å². The number of carboxylic acids is 1. The Morgan fingerprint density at radius 2 is 2.10 bits per heavy atom. The maximum absolute atomic E-state index is 10.4. The van der Waals surface area contributed by atoms with Gasteiger partial charge in [0.2, 0.25) is 0 Å². The molecule has 0 heterocycles. The molecule has 1 rings (SSSR count). The van der Waals surface area contributed by atoms with E-state index in [1.807, 2.05) is 6.08 Å². The number of allylic oxidation sites excluding steroid dienone is 2. The van der Waals surface area contributed by atoms with Gasteiger partial charge in [-0.05, 0) is 12.8 Å². The second-order valence-electron chi connectivity index (χ2n) is 2.05. The molecule has 0 saturated carbocycles. The molecule has 10 heavy (non-hydrogen) atoms. The van der Waals surface area contributed by atoms with E-state index >= 15 is 0 Å². The molecule has 0 saturated heterocycles. The highest BCUT2D eigenvalue weighted by Crippen LogP contribution is 2.23. The Morgan fingerprint density at radius 1 is 1.50 bits per heavy atom. The van der Waals surface area contributed by atoms with Gasteiger partial charge in [-0.3, -0.25) is 0 Å². The number of aliphatic carboxylic acids is 1. The van der Waals surface area contributed by atoms with Crippen molar-refractivity contribution in [2.75, 3.05) is 0 Å². The zero-order valence-electron chi connectivity index (χ0n) is 5.30. The molecule has 1 aliphatic rings. The summed E-state index contributed by atoms with van der Waals surface area (Å²) in [7, 11) is 0. The van der Waals surface area contributed by atoms with E-state index in [0.29, 0.717) is 10.1 Å². The molecule has 1 N–H and O–H groups in total. The van der Waals surface area contributed by atoms with Gasteiger partial charge in [-0.2, -0.15) is 0 Å². The van der Waals surface area contributed by atoms with Crippen LogP contribution in [-0.4, -0.2) is 11.1 Å². The maximum Gasteiger partial charge on any atom is 0.336 e. The van der Waals surface area contributed by atoms with Gasteiger partial charge in [-0.25, -0.2) is 4.79 Å². The van der Waals surface area contributed by atoms with Crippen LogP contribution >= 0.6 is 15.9 Å². The van der Waals surface area contributed by atoms with E-state index in [1.165, 1.54) is 0 Å². The Bertz CT molecular complexity index is 216. The van der Waals surface area contributed by atoms with E-state index < -0.39 is 5.97 Å². The van der Waals surface area contributed by atoms with Gasteiger partial charge in [0, 0.05) is 4.48 Å². The predicted molar refractivity (Wildman–Crippen MR) is 42.0 cm³/mol. The minimum atomic E-state index is -0.858. The smallest absolute Gasteiger partial charge is 0.336 e. The van der Waals surface area contributed by atoms with Crippen molar-refractivity contribution >= 4 is 21.9 Å². The van der Waals surface area contributed by atoms with Crippen molar-refractivity contribution in [2.45, 2.75) is 12.8 Å². The Balaban J connectivity index is 2.84. The molecular weight excluding hydrogens is 196 g/mol. The molecule has 54 valence electrons. The molecule has 2 nitrogen and oxygen atoms in total. The Hall–Kier alpha value is -0.570. The minimum absolute atomic E-state index is 0.381. The minimum Gasteiger partial charge on any atom is -0.478 e. The van der Waals surface area contributed by atoms with Crippen molar-refractivity contribution in [3.63, 3.8) is 0 Å². The summed E-state index contributed by atoms with van der Waals surface area (Å²) in [5.74, 6) is -0.858. The maximum atomic E-state index is 10.4. The Labute approximate surface area is 67.4 Å². The van der Waals surface area contributed by atoms with Crippen LogP contribution in [0.1, 0.15) is 12.8 Å². The highest BCUT2D eigenvalue weighted by molar-refractivity contribution is 9.12. The first-order valence-corrected chi connectivity index (χ1v) is 3.80. The van der Waals surface area contributed by atoms with Crippen LogP contribution in [0.4, 0.5) is 0 Å². The van der Waals surface area contributed by atoms with Crippen LogP contribution in [0, 0.1) is 0 Å². The summed E-state index contributed by atoms with van der Waals surface area (Å²) < 4.78 is 0.700. The largest absolute Gasteiger partial charge is 0.478 e. The lowest BCUT2D eigenvalue weighted by atomic mass is 10.1. The molecule has 0 aromatic rings. The fraction of sp³-hybridized carbons (Fsp3) is 0.286. The lowest BCUT2D eigenvalue weighted by molar-refractivity contribution is -0.132. The van der Waals surface area contributed by atoms with Gasteiger partial charge < -0.3 is 5.11 Å². The topological polar surface area (TPSA) is 37.3 Å². The van der Waals surface area contributed by atoms with E-state index in [0.717, 1.165) is 12.8 Å². The lowest BCUT2D eigenvalue weighted by Gasteiger charge is -2.05. The van der Waals surface area contributed by atoms with Crippen LogP contribution in [0.25, 0.3) is 0 Å². The van der Waals surface area contributed by atoms with Crippen molar-refractivity contribution in [1.82, 2.24) is 0 Å². The van der Waals surface area contributed by atoms with E-state index in [-0.39, 0.29) is 0 Å². The second-order valence-corrected chi connectivity index (χ2v) is 2.91. The Morgan fingerprint density at radius 3 is 2.50 bits per heavy atom. The molecule has 0 amide bonds. The molecule has 1 aliphatic carbocycles. The van der Waals surface area contributed by atoms with Crippen LogP contribution < -0.4 is 0 Å². The van der Waals surface area contributed by atoms with Gasteiger partial charge >= 0.3 is 5.97 Å². The number of carboxylic acid groups (broad SMARTS) is 1. The zero-order valence-corrected chi connectivity index (χ0v) is 6.89. The van der Waals surface area contributed by atoms with Crippen LogP contribution in [0.15, 0.2) is 22.2 Å². The number of halogens is 1. The molecule has 0 unspecified atom stereocenters. The van der Waals surface area contributed by atoms with Gasteiger partial charge in [0.25, 0.3) is 0 Å². The quantitative estimate of drug-likeness (QED) is 0.708. The van der Waals surface area contributed by atoms with Crippen LogP contribution in [-0.2, 0) is 4.79 Å². The van der Waals surface area contributed by atoms with Gasteiger partial charge in [0.05, 0.1) is 5.57 Å². The third-order valence-corrected chi connectivity index (χ3v) is 2.08. The molecule has 0 aromatic carbocycles. The van der Waals surface area contributed by atoms with Crippen LogP contribution in [0.3, 0.4) is 0 Å². The van der Waals surface area contributed by atoms with Crippen molar-refractivity contribution < 1.29 is 9.90 Å². The third-order valence-electron chi connectivity index (χ3n) is 1.33. The number of hydrogen-bond donors (Lipinski definition) is 1. The van der Waals surface area contributed by atoms with E-state index in [9.17, 15) is 4.79 Å². The van der Waals surface area contributed by atoms with Crippen LogP contribution in [0.5, 0.6) is 0 Å². The summed E-state index contributed by atoms with van der Waals surface area (Å²) in [6.45, 7) is 0. The summed E-state index contributed by atoms with van der Waals surface area (Å²) in [5, 5.41) is 8.57. The van der Waals surface area contributed by atoms with Crippen LogP contribution in [0.2, 0.25) is 0 Å². The summed E-state index contributed by atoms with van der Waals surface area (Å²) in [5.41, 5.74) is 0.381. The summed E-state index contributed by atoms with van der Waals surface area (Å²) in [6, 6.07) is 0. The van der Waals surface area contributed by atoms with Gasteiger partial charge in [-0.15, -0.1) is 0 Å². The monoisotopic (exact) mass is 202 g/mol. The second kappa shape index (κ2) is 3.01. The normalized spacial score (nSPS) is 17.7. The fourth-order valence-corrected chi connectivity index (χ4v) is 1.40. The molecular formula is C7H7BrO2. The highest BCUT2D eigenvalue weighted by Gasteiger charge is 2.12. The number of carbonyl (C=O) groups is 1. The average Bonchev–Trinajstić information content (AvgIpc) is 1.88. The highest BCUT2D eigenvalue weighted by atomic mass is 79.9. The predicted octanol–water partition coefficient (Wildman–Crippen LogP) is 2.07. The van der Waals surface area contributed by atoms with Gasteiger partial charge in [-0.1, -0.05) is 28.1 Å². The van der Waals surface area contributed by atoms with E-state index in [1.54, 1.807) is 6.08 Å². The first-order valence-electron chi connectivity index (χ1n) is 3.01. The standard InChI is InChI=1S/C7H7BrO2/c8-6-4-2-1-3-5(6)7(9)10/h3-4H,1-2H2,(H,9,10). The van der Waals surface area contributed by atoms with Gasteiger partial charge in [0.1, 0.15) is 0 Å². The zero-order chi connectivity index (χ0) is 7.56. The van der Waals surface area contributed by atoms with Crippen molar-refractivity contribution in [1.29, 1.82) is 0 Å². The third kappa shape index (κ3) is 1.48. The SMILES string of the molecule is O=C(O)C1=CCCC=C1Br. The summed E-state index contributed by atoms with van der Waals surface area (Å²) in [4.78, 5) is 10.4. The lowest BCUT2D eigenvalue weighted by Crippen LogP contribution is -2.02. The number of rotatable bonds is 1. The summed E-state index contributed by atoms with van der Waals surface area (Å²) >= 11 is 3.17. The molecule has 3 heteroatoms. The molecule has 0 bridgehead atoms. The van der Waals surface area contributed by atoms with E-state index in [4.69, 9.17) is 5.11 Å². The molecule has 0 aromatic heterocycles. The Kier molecular flexibility index (Phi) is 2.27. The molecule has 0 fully saturated rings. The molecule has 0 aliphatic heterocycles. The first kappa shape index (κ1) is 7.54. The van der Waals surface area contributed by atoms with Crippen molar-refractivity contribution in [2.24, 2.45) is 0 Å². The summed E-state index contributed by atoms with van der Waals surface area (Å²) in [6.07, 6.45) is 5.37.